The Labute approximate surface area is 101 Å². The van der Waals surface area contributed by atoms with E-state index in [0.717, 1.165) is 0 Å². The smallest absolute Gasteiger partial charge is 0.0394 e. The van der Waals surface area contributed by atoms with E-state index in [4.69, 9.17) is 0 Å². The predicted octanol–water partition coefficient (Wildman–Crippen LogP) is 4.19. The lowest BCUT2D eigenvalue weighted by Gasteiger charge is -2.33. The summed E-state index contributed by atoms with van der Waals surface area (Å²) in [5.41, 5.74) is 2.16. The van der Waals surface area contributed by atoms with Gasteiger partial charge in [-0.15, -0.1) is 0 Å². The Morgan fingerprint density at radius 1 is 1.19 bits per heavy atom. The molecule has 1 heteroatoms. The van der Waals surface area contributed by atoms with Gasteiger partial charge >= 0.3 is 0 Å². The van der Waals surface area contributed by atoms with E-state index in [1.807, 2.05) is 0 Å². The lowest BCUT2D eigenvalue weighted by atomic mass is 9.80. The lowest BCUT2D eigenvalue weighted by Crippen LogP contribution is -2.41. The van der Waals surface area contributed by atoms with Crippen molar-refractivity contribution < 1.29 is 0 Å². The fraction of sp³-hybridized carbons (Fsp3) is 0.867. The minimum Gasteiger partial charge on any atom is -0.308 e. The van der Waals surface area contributed by atoms with Crippen LogP contribution >= 0.6 is 0 Å². The summed E-state index contributed by atoms with van der Waals surface area (Å²) in [7, 11) is 0. The first-order valence-corrected chi connectivity index (χ1v) is 7.32. The highest BCUT2D eigenvalue weighted by atomic mass is 15.0. The van der Waals surface area contributed by atoms with E-state index in [1.165, 1.54) is 70.8 Å². The molecule has 0 radical (unpaired) electrons. The predicted molar refractivity (Wildman–Crippen MR) is 70.7 cm³/mol. The van der Waals surface area contributed by atoms with Gasteiger partial charge in [0.15, 0.2) is 0 Å². The van der Waals surface area contributed by atoms with Crippen molar-refractivity contribution in [1.82, 2.24) is 5.32 Å². The molecule has 0 bridgehead atoms. The van der Waals surface area contributed by atoms with E-state index in [2.05, 4.69) is 18.3 Å². The second-order valence-electron chi connectivity index (χ2n) is 5.54. The third kappa shape index (κ3) is 2.68. The highest BCUT2D eigenvalue weighted by Crippen LogP contribution is 2.36. The van der Waals surface area contributed by atoms with E-state index in [0.29, 0.717) is 5.54 Å². The van der Waals surface area contributed by atoms with E-state index >= 15 is 0 Å². The molecule has 0 amide bonds. The van der Waals surface area contributed by atoms with Crippen LogP contribution in [0.25, 0.3) is 0 Å². The summed E-state index contributed by atoms with van der Waals surface area (Å²) in [6, 6.07) is 0. The lowest BCUT2D eigenvalue weighted by molar-refractivity contribution is 0.385. The monoisotopic (exact) mass is 221 g/mol. The third-order valence-corrected chi connectivity index (χ3v) is 4.33. The molecule has 0 aromatic carbocycles. The Bertz CT molecular complexity index is 236. The highest BCUT2D eigenvalue weighted by molar-refractivity contribution is 5.22. The molecule has 1 aliphatic carbocycles. The van der Waals surface area contributed by atoms with Crippen LogP contribution in [0.1, 0.15) is 71.1 Å². The molecule has 1 atom stereocenters. The third-order valence-electron chi connectivity index (χ3n) is 4.33. The van der Waals surface area contributed by atoms with Gasteiger partial charge in [-0.05, 0) is 51.5 Å². The van der Waals surface area contributed by atoms with Crippen molar-refractivity contribution in [2.45, 2.75) is 76.7 Å². The summed E-state index contributed by atoms with van der Waals surface area (Å²) >= 11 is 0. The molecule has 92 valence electrons. The second kappa shape index (κ2) is 5.86. The average Bonchev–Trinajstić information content (AvgIpc) is 2.67. The molecule has 1 aliphatic heterocycles. The molecule has 1 saturated heterocycles. The number of hydrogen-bond acceptors (Lipinski definition) is 1. The van der Waals surface area contributed by atoms with Gasteiger partial charge in [-0.25, -0.2) is 0 Å². The topological polar surface area (TPSA) is 12.0 Å². The van der Waals surface area contributed by atoms with Gasteiger partial charge in [-0.2, -0.15) is 0 Å². The Morgan fingerprint density at radius 2 is 2.06 bits per heavy atom. The maximum absolute atomic E-state index is 3.82. The summed E-state index contributed by atoms with van der Waals surface area (Å²) < 4.78 is 0. The quantitative estimate of drug-likeness (QED) is 0.705. The number of rotatable bonds is 3. The Morgan fingerprint density at radius 3 is 2.81 bits per heavy atom. The van der Waals surface area contributed by atoms with Gasteiger partial charge in [0, 0.05) is 5.54 Å². The Balaban J connectivity index is 2.10. The van der Waals surface area contributed by atoms with Gasteiger partial charge < -0.3 is 5.32 Å². The molecule has 2 rings (SSSR count). The van der Waals surface area contributed by atoms with Crippen molar-refractivity contribution in [3.63, 3.8) is 0 Å². The first-order valence-electron chi connectivity index (χ1n) is 7.32. The zero-order valence-electron chi connectivity index (χ0n) is 10.9. The second-order valence-corrected chi connectivity index (χ2v) is 5.54. The minimum absolute atomic E-state index is 0.409. The molecule has 1 unspecified atom stereocenters. The van der Waals surface area contributed by atoms with Crippen LogP contribution in [0.4, 0.5) is 0 Å². The molecule has 1 heterocycles. The van der Waals surface area contributed by atoms with Crippen molar-refractivity contribution in [3.8, 4) is 0 Å². The van der Waals surface area contributed by atoms with Crippen molar-refractivity contribution in [3.05, 3.63) is 11.6 Å². The van der Waals surface area contributed by atoms with Gasteiger partial charge in [0.2, 0.25) is 0 Å². The molecule has 2 aliphatic rings. The SMILES string of the molecule is CCCC1(C2=CCCCCCC2)CCCN1. The summed E-state index contributed by atoms with van der Waals surface area (Å²) in [6.07, 6.45) is 16.4. The van der Waals surface area contributed by atoms with Gasteiger partial charge in [0.05, 0.1) is 0 Å². The summed E-state index contributed by atoms with van der Waals surface area (Å²) in [4.78, 5) is 0. The van der Waals surface area contributed by atoms with Gasteiger partial charge in [-0.3, -0.25) is 0 Å². The van der Waals surface area contributed by atoms with Gasteiger partial charge in [0.1, 0.15) is 0 Å². The fourth-order valence-electron chi connectivity index (χ4n) is 3.51. The van der Waals surface area contributed by atoms with Gasteiger partial charge in [-0.1, -0.05) is 37.8 Å². The van der Waals surface area contributed by atoms with Crippen LogP contribution in [0.15, 0.2) is 11.6 Å². The van der Waals surface area contributed by atoms with E-state index in [9.17, 15) is 0 Å². The van der Waals surface area contributed by atoms with Crippen LogP contribution in [-0.4, -0.2) is 12.1 Å². The van der Waals surface area contributed by atoms with E-state index in [1.54, 1.807) is 5.57 Å². The first-order chi connectivity index (χ1) is 7.87. The van der Waals surface area contributed by atoms with Crippen molar-refractivity contribution in [2.75, 3.05) is 6.54 Å². The molecule has 1 fully saturated rings. The van der Waals surface area contributed by atoms with E-state index < -0.39 is 0 Å². The molecule has 1 N–H and O–H groups in total. The fourth-order valence-corrected chi connectivity index (χ4v) is 3.51. The molecule has 0 aromatic rings. The molecular formula is C15H27N. The first kappa shape index (κ1) is 12.2. The normalized spacial score (nSPS) is 31.9. The molecule has 1 nitrogen and oxygen atoms in total. The Hall–Kier alpha value is -0.300. The number of hydrogen-bond donors (Lipinski definition) is 1. The molecule has 0 spiro atoms. The van der Waals surface area contributed by atoms with Crippen molar-refractivity contribution in [2.24, 2.45) is 0 Å². The van der Waals surface area contributed by atoms with Crippen LogP contribution < -0.4 is 5.32 Å². The minimum atomic E-state index is 0.409. The van der Waals surface area contributed by atoms with Crippen LogP contribution in [0.5, 0.6) is 0 Å². The van der Waals surface area contributed by atoms with Gasteiger partial charge in [0.25, 0.3) is 0 Å². The number of nitrogens with one attached hydrogen (secondary N) is 1. The summed E-state index contributed by atoms with van der Waals surface area (Å²) in [6.45, 7) is 3.56. The largest absolute Gasteiger partial charge is 0.308 e. The Kier molecular flexibility index (Phi) is 4.45. The molecule has 0 saturated carbocycles. The summed E-state index contributed by atoms with van der Waals surface area (Å²) in [5, 5.41) is 3.82. The maximum atomic E-state index is 3.82. The standard InChI is InChI=1S/C15H27N/c1-2-11-15(12-8-13-16-15)14-9-6-4-3-5-7-10-14/h9,16H,2-8,10-13H2,1H3. The maximum Gasteiger partial charge on any atom is 0.0394 e. The molecule has 0 aromatic heterocycles. The zero-order valence-corrected chi connectivity index (χ0v) is 10.9. The van der Waals surface area contributed by atoms with Crippen LogP contribution in [0.3, 0.4) is 0 Å². The average molecular weight is 221 g/mol. The van der Waals surface area contributed by atoms with Crippen molar-refractivity contribution >= 4 is 0 Å². The summed E-state index contributed by atoms with van der Waals surface area (Å²) in [5.74, 6) is 0. The highest BCUT2D eigenvalue weighted by Gasteiger charge is 2.35. The van der Waals surface area contributed by atoms with Crippen molar-refractivity contribution in [1.29, 1.82) is 0 Å². The molecular weight excluding hydrogens is 194 g/mol. The van der Waals surface area contributed by atoms with Crippen LogP contribution in [0.2, 0.25) is 0 Å². The van der Waals surface area contributed by atoms with Crippen LogP contribution in [0, 0.1) is 0 Å². The zero-order chi connectivity index (χ0) is 11.3. The van der Waals surface area contributed by atoms with E-state index in [-0.39, 0.29) is 0 Å². The number of allylic oxidation sites excluding steroid dienone is 1. The van der Waals surface area contributed by atoms with Crippen LogP contribution in [-0.2, 0) is 0 Å². The molecule has 16 heavy (non-hydrogen) atoms.